The molecule has 140 valence electrons. The summed E-state index contributed by atoms with van der Waals surface area (Å²) in [5, 5.41) is 9.23. The average molecular weight is 390 g/mol. The van der Waals surface area contributed by atoms with Crippen molar-refractivity contribution in [2.24, 2.45) is 0 Å². The van der Waals surface area contributed by atoms with E-state index in [1.54, 1.807) is 6.07 Å². The molecule has 8 heteroatoms. The van der Waals surface area contributed by atoms with Crippen LogP contribution in [0.3, 0.4) is 0 Å². The maximum Gasteiger partial charge on any atom is 0.416 e. The summed E-state index contributed by atoms with van der Waals surface area (Å²) < 4.78 is 40.6. The smallest absolute Gasteiger partial charge is 0.309 e. The van der Waals surface area contributed by atoms with Gasteiger partial charge in [0.25, 0.3) is 0 Å². The van der Waals surface area contributed by atoms with Crippen molar-refractivity contribution in [3.05, 3.63) is 65.2 Å². The van der Waals surface area contributed by atoms with Crippen molar-refractivity contribution in [3.63, 3.8) is 0 Å². The van der Waals surface area contributed by atoms with Crippen LogP contribution >= 0.6 is 11.8 Å². The molecule has 27 heavy (non-hydrogen) atoms. The molecule has 0 aliphatic carbocycles. The molecule has 0 amide bonds. The third-order valence-electron chi connectivity index (χ3n) is 4.45. The fourth-order valence-electron chi connectivity index (χ4n) is 3.04. The number of fused-ring (bicyclic) bond motifs is 1. The summed E-state index contributed by atoms with van der Waals surface area (Å²) in [4.78, 5) is 2.10. The molecule has 0 saturated carbocycles. The number of thioether (sulfide) groups is 1. The highest BCUT2D eigenvalue weighted by Gasteiger charge is 2.30. The number of aromatic nitrogens is 3. The van der Waals surface area contributed by atoms with Crippen molar-refractivity contribution in [1.82, 2.24) is 14.8 Å². The zero-order chi connectivity index (χ0) is 19.0. The Hall–Kier alpha value is -2.48. The summed E-state index contributed by atoms with van der Waals surface area (Å²) in [5.74, 6) is 1.18. The predicted octanol–water partition coefficient (Wildman–Crippen LogP) is 5.05. The van der Waals surface area contributed by atoms with Gasteiger partial charge in [0, 0.05) is 24.5 Å². The molecule has 0 radical (unpaired) electrons. The minimum atomic E-state index is -4.33. The number of nitrogens with zero attached hydrogens (tertiary/aromatic N) is 4. The number of alkyl halides is 3. The summed E-state index contributed by atoms with van der Waals surface area (Å²) in [6.45, 7) is 3.59. The topological polar surface area (TPSA) is 34.0 Å². The van der Waals surface area contributed by atoms with Gasteiger partial charge >= 0.3 is 6.18 Å². The van der Waals surface area contributed by atoms with Gasteiger partial charge < -0.3 is 4.90 Å². The maximum atomic E-state index is 12.9. The van der Waals surface area contributed by atoms with Crippen LogP contribution in [0.25, 0.3) is 0 Å². The molecule has 0 bridgehead atoms. The average Bonchev–Trinajstić information content (AvgIpc) is 3.23. The van der Waals surface area contributed by atoms with Gasteiger partial charge in [0.1, 0.15) is 0 Å². The Labute approximate surface area is 159 Å². The van der Waals surface area contributed by atoms with Gasteiger partial charge in [-0.2, -0.15) is 13.2 Å². The van der Waals surface area contributed by atoms with Gasteiger partial charge in [0.15, 0.2) is 5.16 Å². The minimum Gasteiger partial charge on any atom is -0.309 e. The molecule has 2 aromatic carbocycles. The first-order valence-electron chi connectivity index (χ1n) is 8.48. The lowest BCUT2D eigenvalue weighted by Crippen LogP contribution is -2.14. The molecule has 0 saturated heterocycles. The Morgan fingerprint density at radius 2 is 1.81 bits per heavy atom. The Morgan fingerprint density at radius 3 is 2.56 bits per heavy atom. The monoisotopic (exact) mass is 390 g/mol. The lowest BCUT2D eigenvalue weighted by molar-refractivity contribution is -0.137. The standard InChI is InChI=1S/C19H17F3N4S/c1-13-5-7-16(8-6-13)25-9-10-26-17(25)23-24-18(26)27-12-14-3-2-4-15(11-14)19(20,21)22/h2-8,11H,9-10,12H2,1H3. The second-order valence-electron chi connectivity index (χ2n) is 6.41. The number of aryl methyl sites for hydroxylation is 1. The summed E-state index contributed by atoms with van der Waals surface area (Å²) in [6, 6.07) is 13.6. The largest absolute Gasteiger partial charge is 0.416 e. The number of benzene rings is 2. The Kier molecular flexibility index (Phi) is 4.59. The van der Waals surface area contributed by atoms with Crippen molar-refractivity contribution in [2.75, 3.05) is 11.4 Å². The highest BCUT2D eigenvalue weighted by Crippen LogP contribution is 2.34. The summed E-state index contributed by atoms with van der Waals surface area (Å²) in [6.07, 6.45) is -4.33. The van der Waals surface area contributed by atoms with Gasteiger partial charge in [0.05, 0.1) is 5.56 Å². The molecule has 0 spiro atoms. The second kappa shape index (κ2) is 6.92. The molecule has 0 atom stereocenters. The minimum absolute atomic E-state index is 0.409. The van der Waals surface area contributed by atoms with Crippen LogP contribution < -0.4 is 4.90 Å². The number of rotatable bonds is 4. The van der Waals surface area contributed by atoms with Crippen LogP contribution in [0.4, 0.5) is 24.8 Å². The summed E-state index contributed by atoms with van der Waals surface area (Å²) in [5.41, 5.74) is 2.23. The summed E-state index contributed by atoms with van der Waals surface area (Å²) in [7, 11) is 0. The first kappa shape index (κ1) is 17.9. The lowest BCUT2D eigenvalue weighted by Gasteiger charge is -2.15. The van der Waals surface area contributed by atoms with E-state index in [-0.39, 0.29) is 0 Å². The third kappa shape index (κ3) is 3.66. The van der Waals surface area contributed by atoms with E-state index in [4.69, 9.17) is 0 Å². The van der Waals surface area contributed by atoms with Gasteiger partial charge in [-0.25, -0.2) is 0 Å². The van der Waals surface area contributed by atoms with Gasteiger partial charge in [0.2, 0.25) is 5.95 Å². The fraction of sp³-hybridized carbons (Fsp3) is 0.263. The molecule has 2 heterocycles. The van der Waals surface area contributed by atoms with Crippen LogP contribution in [0.5, 0.6) is 0 Å². The van der Waals surface area contributed by atoms with Crippen molar-refractivity contribution >= 4 is 23.4 Å². The quantitative estimate of drug-likeness (QED) is 0.584. The van der Waals surface area contributed by atoms with Crippen molar-refractivity contribution < 1.29 is 13.2 Å². The van der Waals surface area contributed by atoms with E-state index in [9.17, 15) is 13.2 Å². The molecule has 4 nitrogen and oxygen atoms in total. The highest BCUT2D eigenvalue weighted by atomic mass is 32.2. The van der Waals surface area contributed by atoms with E-state index in [1.807, 2.05) is 11.5 Å². The van der Waals surface area contributed by atoms with Crippen LogP contribution in [0.1, 0.15) is 16.7 Å². The predicted molar refractivity (Wildman–Crippen MR) is 99.2 cm³/mol. The van der Waals surface area contributed by atoms with E-state index < -0.39 is 11.7 Å². The van der Waals surface area contributed by atoms with Crippen molar-refractivity contribution in [3.8, 4) is 0 Å². The molecule has 1 aromatic heterocycles. The normalized spacial score (nSPS) is 13.9. The molecular formula is C19H17F3N4S. The summed E-state index contributed by atoms with van der Waals surface area (Å²) >= 11 is 1.40. The molecule has 1 aliphatic heterocycles. The Bertz CT molecular complexity index is 950. The SMILES string of the molecule is Cc1ccc(N2CCn3c(SCc4cccc(C(F)(F)F)c4)nnc32)cc1. The van der Waals surface area contributed by atoms with Gasteiger partial charge in [-0.05, 0) is 30.7 Å². The first-order valence-corrected chi connectivity index (χ1v) is 9.47. The number of hydrogen-bond donors (Lipinski definition) is 0. The van der Waals surface area contributed by atoms with E-state index in [0.717, 1.165) is 35.9 Å². The highest BCUT2D eigenvalue weighted by molar-refractivity contribution is 7.98. The van der Waals surface area contributed by atoms with Crippen LogP contribution in [0.2, 0.25) is 0 Å². The Balaban J connectivity index is 1.50. The maximum absolute atomic E-state index is 12.9. The van der Waals surface area contributed by atoms with Crippen LogP contribution in [0.15, 0.2) is 53.7 Å². The van der Waals surface area contributed by atoms with Gasteiger partial charge in [-0.1, -0.05) is 47.7 Å². The fourth-order valence-corrected chi connectivity index (χ4v) is 3.94. The molecule has 3 aromatic rings. The number of halogens is 3. The van der Waals surface area contributed by atoms with Crippen molar-refractivity contribution in [1.29, 1.82) is 0 Å². The zero-order valence-electron chi connectivity index (χ0n) is 14.6. The van der Waals surface area contributed by atoms with Gasteiger partial charge in [-0.15, -0.1) is 10.2 Å². The molecular weight excluding hydrogens is 373 g/mol. The van der Waals surface area contributed by atoms with E-state index in [0.29, 0.717) is 11.3 Å². The van der Waals surface area contributed by atoms with Crippen LogP contribution in [-0.2, 0) is 18.5 Å². The molecule has 0 unspecified atom stereocenters. The van der Waals surface area contributed by atoms with Crippen LogP contribution in [0, 0.1) is 6.92 Å². The second-order valence-corrected chi connectivity index (χ2v) is 7.35. The van der Waals surface area contributed by atoms with E-state index >= 15 is 0 Å². The van der Waals surface area contributed by atoms with E-state index in [1.165, 1.54) is 29.5 Å². The molecule has 1 aliphatic rings. The lowest BCUT2D eigenvalue weighted by atomic mass is 10.1. The third-order valence-corrected chi connectivity index (χ3v) is 5.49. The van der Waals surface area contributed by atoms with E-state index in [2.05, 4.69) is 39.4 Å². The van der Waals surface area contributed by atoms with Crippen molar-refractivity contribution in [2.45, 2.75) is 30.6 Å². The molecule has 0 fully saturated rings. The Morgan fingerprint density at radius 1 is 1.04 bits per heavy atom. The van der Waals surface area contributed by atoms with Gasteiger partial charge in [-0.3, -0.25) is 4.57 Å². The first-order chi connectivity index (χ1) is 12.9. The zero-order valence-corrected chi connectivity index (χ0v) is 15.4. The number of anilines is 2. The molecule has 0 N–H and O–H groups in total. The van der Waals surface area contributed by atoms with Crippen LogP contribution in [-0.4, -0.2) is 21.3 Å². The molecule has 4 rings (SSSR count). The number of hydrogen-bond acceptors (Lipinski definition) is 4.